The zero-order valence-electron chi connectivity index (χ0n) is 15.2. The Hall–Kier alpha value is -1.53. The van der Waals surface area contributed by atoms with Crippen molar-refractivity contribution >= 4 is 34.8 Å². The van der Waals surface area contributed by atoms with Crippen molar-refractivity contribution in [2.45, 2.75) is 45.6 Å². The van der Waals surface area contributed by atoms with E-state index in [4.69, 9.17) is 28.6 Å². The van der Waals surface area contributed by atoms with Crippen molar-refractivity contribution in [1.29, 1.82) is 0 Å². The minimum Gasteiger partial charge on any atom is -0.492 e. The second kappa shape index (κ2) is 8.44. The van der Waals surface area contributed by atoms with Crippen LogP contribution in [0.25, 0.3) is 0 Å². The molecular formula is C19H26ClN3O2S. The average Bonchev–Trinajstić information content (AvgIpc) is 2.63. The number of rotatable bonds is 2. The van der Waals surface area contributed by atoms with Gasteiger partial charge in [0.05, 0.1) is 5.92 Å². The molecule has 5 nitrogen and oxygen atoms in total. The molecule has 1 fully saturated rings. The van der Waals surface area contributed by atoms with Crippen molar-refractivity contribution in [1.82, 2.24) is 16.2 Å². The van der Waals surface area contributed by atoms with E-state index in [2.05, 4.69) is 30.0 Å². The molecule has 3 N–H and O–H groups in total. The lowest BCUT2D eigenvalue weighted by molar-refractivity contribution is -0.126. The molecular weight excluding hydrogens is 370 g/mol. The van der Waals surface area contributed by atoms with E-state index in [0.29, 0.717) is 41.0 Å². The van der Waals surface area contributed by atoms with Crippen molar-refractivity contribution in [3.05, 3.63) is 28.8 Å². The van der Waals surface area contributed by atoms with E-state index in [1.165, 1.54) is 12.8 Å². The molecule has 2 aliphatic rings. The van der Waals surface area contributed by atoms with Crippen LogP contribution in [0.1, 0.15) is 38.7 Å². The van der Waals surface area contributed by atoms with E-state index >= 15 is 0 Å². The van der Waals surface area contributed by atoms with Gasteiger partial charge >= 0.3 is 0 Å². The monoisotopic (exact) mass is 395 g/mol. The maximum atomic E-state index is 12.4. The molecule has 1 aliphatic heterocycles. The molecule has 0 radical (unpaired) electrons. The molecule has 7 heteroatoms. The number of benzene rings is 1. The number of amides is 1. The summed E-state index contributed by atoms with van der Waals surface area (Å²) in [4.78, 5) is 12.4. The Bertz CT molecular complexity index is 685. The molecule has 142 valence electrons. The van der Waals surface area contributed by atoms with Gasteiger partial charge in [-0.2, -0.15) is 0 Å². The van der Waals surface area contributed by atoms with Crippen LogP contribution in [-0.2, 0) is 11.2 Å². The van der Waals surface area contributed by atoms with E-state index in [1.807, 2.05) is 12.1 Å². The van der Waals surface area contributed by atoms with Crippen molar-refractivity contribution < 1.29 is 9.53 Å². The molecule has 1 heterocycles. The molecule has 1 amide bonds. The van der Waals surface area contributed by atoms with Crippen LogP contribution in [0, 0.1) is 17.8 Å². The smallest absolute Gasteiger partial charge is 0.245 e. The Kier molecular flexibility index (Phi) is 6.24. The Labute approximate surface area is 165 Å². The van der Waals surface area contributed by atoms with Gasteiger partial charge in [-0.15, -0.1) is 0 Å². The molecule has 1 aromatic rings. The lowest BCUT2D eigenvalue weighted by Gasteiger charge is -2.35. The zero-order chi connectivity index (χ0) is 18.7. The third-order valence-electron chi connectivity index (χ3n) is 5.62. The number of hydrazine groups is 1. The highest BCUT2D eigenvalue weighted by atomic mass is 35.5. The van der Waals surface area contributed by atoms with Crippen LogP contribution in [0.2, 0.25) is 5.02 Å². The molecule has 3 rings (SSSR count). The fourth-order valence-corrected chi connectivity index (χ4v) is 4.14. The molecule has 1 aromatic carbocycles. The molecule has 0 unspecified atom stereocenters. The predicted octanol–water partition coefficient (Wildman–Crippen LogP) is 3.21. The summed E-state index contributed by atoms with van der Waals surface area (Å²) in [6, 6.07) is 5.83. The molecule has 26 heavy (non-hydrogen) atoms. The van der Waals surface area contributed by atoms with Gasteiger partial charge in [0.1, 0.15) is 12.4 Å². The lowest BCUT2D eigenvalue weighted by Crippen LogP contribution is -2.54. The number of fused-ring (bicyclic) bond motifs is 1. The van der Waals surface area contributed by atoms with Crippen LogP contribution in [0.4, 0.5) is 0 Å². The summed E-state index contributed by atoms with van der Waals surface area (Å²) in [5, 5.41) is 4.45. The summed E-state index contributed by atoms with van der Waals surface area (Å²) in [7, 11) is 0. The number of thiocarbonyl (C=S) groups is 1. The maximum Gasteiger partial charge on any atom is 0.245 e. The second-order valence-corrected chi connectivity index (χ2v) is 8.27. The van der Waals surface area contributed by atoms with Crippen LogP contribution < -0.4 is 20.9 Å². The number of hydrogen-bond donors (Lipinski definition) is 3. The maximum absolute atomic E-state index is 12.4. The molecule has 4 atom stereocenters. The van der Waals surface area contributed by atoms with E-state index in [0.717, 1.165) is 17.7 Å². The Morgan fingerprint density at radius 1 is 1.27 bits per heavy atom. The van der Waals surface area contributed by atoms with Crippen LogP contribution in [-0.4, -0.2) is 23.7 Å². The van der Waals surface area contributed by atoms with Gasteiger partial charge in [0.2, 0.25) is 5.91 Å². The molecule has 0 spiro atoms. The summed E-state index contributed by atoms with van der Waals surface area (Å²) >= 11 is 11.4. The third kappa shape index (κ3) is 4.60. The van der Waals surface area contributed by atoms with Gasteiger partial charge in [0.25, 0.3) is 0 Å². The fourth-order valence-electron chi connectivity index (χ4n) is 3.74. The van der Waals surface area contributed by atoms with Crippen molar-refractivity contribution in [2.75, 3.05) is 6.61 Å². The standard InChI is InChI=1S/C19H26ClN3O2S/c1-11-4-3-5-16(12(11)2)21-19(26)23-22-18(24)14-8-13-9-15(20)6-7-17(13)25-10-14/h6-7,9,11-12,14,16H,3-5,8,10H2,1-2H3,(H,22,24)(H2,21,23,26)/t11-,12-,14-,16-/m1/s1. The Morgan fingerprint density at radius 2 is 2.08 bits per heavy atom. The number of nitrogens with one attached hydrogen (secondary N) is 3. The topological polar surface area (TPSA) is 62.4 Å². The first kappa shape index (κ1) is 19.2. The first-order valence-electron chi connectivity index (χ1n) is 9.21. The number of halogens is 1. The SMILES string of the molecule is C[C@@H]1[C@H](C)CCC[C@H]1NC(=S)NNC(=O)[C@H]1COc2ccc(Cl)cc2C1. The van der Waals surface area contributed by atoms with Gasteiger partial charge in [-0.3, -0.25) is 15.6 Å². The molecule has 1 saturated carbocycles. The van der Waals surface area contributed by atoms with Gasteiger partial charge < -0.3 is 10.1 Å². The first-order valence-corrected chi connectivity index (χ1v) is 10.00. The fraction of sp³-hybridized carbons (Fsp3) is 0.579. The van der Waals surface area contributed by atoms with Gasteiger partial charge in [0.15, 0.2) is 5.11 Å². The summed E-state index contributed by atoms with van der Waals surface area (Å²) in [6.07, 6.45) is 4.18. The van der Waals surface area contributed by atoms with Gasteiger partial charge in [0, 0.05) is 11.1 Å². The minimum atomic E-state index is -0.273. The van der Waals surface area contributed by atoms with E-state index in [-0.39, 0.29) is 11.8 Å². The molecule has 1 aliphatic carbocycles. The van der Waals surface area contributed by atoms with Gasteiger partial charge in [-0.05, 0) is 60.7 Å². The quantitative estimate of drug-likeness (QED) is 0.530. The van der Waals surface area contributed by atoms with Crippen molar-refractivity contribution in [3.8, 4) is 5.75 Å². The third-order valence-corrected chi connectivity index (χ3v) is 6.08. The summed E-state index contributed by atoms with van der Waals surface area (Å²) in [5.41, 5.74) is 6.50. The van der Waals surface area contributed by atoms with E-state index in [9.17, 15) is 4.79 Å². The summed E-state index contributed by atoms with van der Waals surface area (Å²) < 4.78 is 5.67. The number of carbonyl (C=O) groups excluding carboxylic acids is 1. The normalized spacial score (nSPS) is 27.7. The predicted molar refractivity (Wildman–Crippen MR) is 107 cm³/mol. The largest absolute Gasteiger partial charge is 0.492 e. The second-order valence-electron chi connectivity index (χ2n) is 7.43. The van der Waals surface area contributed by atoms with Crippen LogP contribution in [0.3, 0.4) is 0 Å². The highest BCUT2D eigenvalue weighted by molar-refractivity contribution is 7.80. The zero-order valence-corrected chi connectivity index (χ0v) is 16.8. The highest BCUT2D eigenvalue weighted by Crippen LogP contribution is 2.30. The minimum absolute atomic E-state index is 0.134. The van der Waals surface area contributed by atoms with Crippen LogP contribution in [0.5, 0.6) is 5.75 Å². The number of ether oxygens (including phenoxy) is 1. The number of carbonyl (C=O) groups is 1. The van der Waals surface area contributed by atoms with E-state index < -0.39 is 0 Å². The van der Waals surface area contributed by atoms with E-state index in [1.54, 1.807) is 6.07 Å². The number of hydrogen-bond acceptors (Lipinski definition) is 3. The summed E-state index contributed by atoms with van der Waals surface area (Å²) in [6.45, 7) is 4.88. The van der Waals surface area contributed by atoms with Gasteiger partial charge in [-0.25, -0.2) is 0 Å². The van der Waals surface area contributed by atoms with Crippen LogP contribution >= 0.6 is 23.8 Å². The lowest BCUT2D eigenvalue weighted by atomic mass is 9.78. The highest BCUT2D eigenvalue weighted by Gasteiger charge is 2.28. The average molecular weight is 396 g/mol. The Balaban J connectivity index is 1.47. The van der Waals surface area contributed by atoms with Gasteiger partial charge in [-0.1, -0.05) is 38.3 Å². The van der Waals surface area contributed by atoms with Crippen molar-refractivity contribution in [3.63, 3.8) is 0 Å². The molecule has 0 aromatic heterocycles. The molecule has 0 saturated heterocycles. The van der Waals surface area contributed by atoms with Crippen molar-refractivity contribution in [2.24, 2.45) is 17.8 Å². The summed E-state index contributed by atoms with van der Waals surface area (Å²) in [5.74, 6) is 1.64. The first-order chi connectivity index (χ1) is 12.4. The Morgan fingerprint density at radius 3 is 2.88 bits per heavy atom. The van der Waals surface area contributed by atoms with Crippen LogP contribution in [0.15, 0.2) is 18.2 Å². The molecule has 0 bridgehead atoms.